The minimum absolute atomic E-state index is 0.103. The van der Waals surface area contributed by atoms with Gasteiger partial charge in [-0.05, 0) is 41.8 Å². The average Bonchev–Trinajstić information content (AvgIpc) is 3.49. The molecular formula is C23H23N5O4. The van der Waals surface area contributed by atoms with Crippen molar-refractivity contribution in [1.29, 1.82) is 0 Å². The van der Waals surface area contributed by atoms with Gasteiger partial charge in [-0.2, -0.15) is 4.98 Å². The second-order valence-electron chi connectivity index (χ2n) is 7.50. The second kappa shape index (κ2) is 8.80. The molecule has 0 N–H and O–H groups in total. The lowest BCUT2D eigenvalue weighted by Crippen LogP contribution is -2.22. The number of hydrogen-bond acceptors (Lipinski definition) is 8. The van der Waals surface area contributed by atoms with E-state index in [-0.39, 0.29) is 6.10 Å². The number of benzene rings is 2. The Morgan fingerprint density at radius 3 is 2.41 bits per heavy atom. The van der Waals surface area contributed by atoms with E-state index in [2.05, 4.69) is 20.5 Å². The van der Waals surface area contributed by atoms with Crippen molar-refractivity contribution in [3.05, 3.63) is 71.2 Å². The number of methoxy groups -OCH3 is 2. The molecule has 0 bridgehead atoms. The maximum atomic E-state index is 6.08. The van der Waals surface area contributed by atoms with E-state index in [1.807, 2.05) is 53.2 Å². The van der Waals surface area contributed by atoms with Gasteiger partial charge in [0.1, 0.15) is 17.6 Å². The second-order valence-corrected chi connectivity index (χ2v) is 7.50. The summed E-state index contributed by atoms with van der Waals surface area (Å²) in [6.07, 6.45) is 1.32. The van der Waals surface area contributed by atoms with Gasteiger partial charge >= 0.3 is 0 Å². The summed E-state index contributed by atoms with van der Waals surface area (Å²) in [5, 5.41) is 12.7. The van der Waals surface area contributed by atoms with Crippen molar-refractivity contribution in [3.63, 3.8) is 0 Å². The molecule has 1 aliphatic rings. The van der Waals surface area contributed by atoms with Gasteiger partial charge in [-0.25, -0.2) is 4.68 Å². The lowest BCUT2D eigenvalue weighted by Gasteiger charge is -2.24. The molecule has 9 nitrogen and oxygen atoms in total. The molecule has 164 valence electrons. The minimum Gasteiger partial charge on any atom is -0.497 e. The van der Waals surface area contributed by atoms with E-state index in [9.17, 15) is 0 Å². The zero-order valence-electron chi connectivity index (χ0n) is 17.9. The molecule has 2 aromatic carbocycles. The molecule has 0 aliphatic carbocycles. The summed E-state index contributed by atoms with van der Waals surface area (Å²) in [4.78, 5) is 4.52. The number of nitrogens with zero attached hydrogens (tertiary/aromatic N) is 5. The van der Waals surface area contributed by atoms with Gasteiger partial charge in [0.05, 0.1) is 33.1 Å². The quantitative estimate of drug-likeness (QED) is 0.437. The van der Waals surface area contributed by atoms with Gasteiger partial charge in [0.25, 0.3) is 0 Å². The van der Waals surface area contributed by atoms with Crippen LogP contribution >= 0.6 is 0 Å². The van der Waals surface area contributed by atoms with Crippen LogP contribution in [0.1, 0.15) is 28.8 Å². The molecule has 0 saturated heterocycles. The highest BCUT2D eigenvalue weighted by Gasteiger charge is 2.27. The van der Waals surface area contributed by atoms with E-state index in [4.69, 9.17) is 18.7 Å². The highest BCUT2D eigenvalue weighted by Crippen LogP contribution is 2.30. The highest BCUT2D eigenvalue weighted by atomic mass is 16.5. The van der Waals surface area contributed by atoms with E-state index < -0.39 is 0 Å². The number of hydrogen-bond donors (Lipinski definition) is 0. The SMILES string of the molecule is COc1ccc(CCc2nc(-c3nnn4c3CO[C@H](c3ccc(OC)cc3)C4)no2)cc1. The van der Waals surface area contributed by atoms with Crippen molar-refractivity contribution >= 4 is 0 Å². The maximum absolute atomic E-state index is 6.08. The Hall–Kier alpha value is -3.72. The van der Waals surface area contributed by atoms with Crippen molar-refractivity contribution in [2.45, 2.75) is 32.1 Å². The maximum Gasteiger partial charge on any atom is 0.227 e. The highest BCUT2D eigenvalue weighted by molar-refractivity contribution is 5.51. The molecule has 1 aliphatic heterocycles. The van der Waals surface area contributed by atoms with Gasteiger partial charge in [0, 0.05) is 6.42 Å². The van der Waals surface area contributed by atoms with Crippen LogP contribution in [0.15, 0.2) is 53.1 Å². The summed E-state index contributed by atoms with van der Waals surface area (Å²) in [5.74, 6) is 2.64. The Balaban J connectivity index is 1.26. The molecule has 0 saturated carbocycles. The van der Waals surface area contributed by atoms with Crippen LogP contribution in [0.5, 0.6) is 11.5 Å². The molecule has 5 rings (SSSR count). The molecule has 1 atom stereocenters. The van der Waals surface area contributed by atoms with Crippen LogP contribution in [0.2, 0.25) is 0 Å². The fourth-order valence-corrected chi connectivity index (χ4v) is 3.70. The van der Waals surface area contributed by atoms with Crippen LogP contribution in [0.3, 0.4) is 0 Å². The predicted molar refractivity (Wildman–Crippen MR) is 114 cm³/mol. The summed E-state index contributed by atoms with van der Waals surface area (Å²) in [6, 6.07) is 15.8. The molecule has 4 aromatic rings. The van der Waals surface area contributed by atoms with Gasteiger partial charge in [0.2, 0.25) is 11.7 Å². The van der Waals surface area contributed by atoms with Crippen LogP contribution in [-0.2, 0) is 30.7 Å². The van der Waals surface area contributed by atoms with E-state index in [0.717, 1.165) is 29.2 Å². The third kappa shape index (κ3) is 4.06. The van der Waals surface area contributed by atoms with Gasteiger partial charge in [-0.3, -0.25) is 0 Å². The summed E-state index contributed by atoms with van der Waals surface area (Å²) < 4.78 is 23.8. The first kappa shape index (κ1) is 20.2. The molecule has 0 amide bonds. The monoisotopic (exact) mass is 433 g/mol. The standard InChI is InChI=1S/C23H23N5O4/c1-29-17-8-3-15(4-9-17)5-12-21-24-23(26-32-21)22-19-14-31-20(13-28(19)27-25-22)16-6-10-18(30-2)11-7-16/h3-4,6-11,20H,5,12-14H2,1-2H3/t20-/m0/s1. The first-order valence-electron chi connectivity index (χ1n) is 10.4. The minimum atomic E-state index is -0.103. The largest absolute Gasteiger partial charge is 0.497 e. The Kier molecular flexibility index (Phi) is 5.55. The molecule has 3 heterocycles. The lowest BCUT2D eigenvalue weighted by molar-refractivity contribution is -0.00114. The van der Waals surface area contributed by atoms with Crippen LogP contribution in [0.25, 0.3) is 11.5 Å². The van der Waals surface area contributed by atoms with Gasteiger partial charge in [-0.15, -0.1) is 5.10 Å². The zero-order chi connectivity index (χ0) is 21.9. The lowest BCUT2D eigenvalue weighted by atomic mass is 10.1. The molecular weight excluding hydrogens is 410 g/mol. The summed E-state index contributed by atoms with van der Waals surface area (Å²) in [6.45, 7) is 0.936. The van der Waals surface area contributed by atoms with Crippen LogP contribution in [0, 0.1) is 0 Å². The number of ether oxygens (including phenoxy) is 3. The summed E-state index contributed by atoms with van der Waals surface area (Å²) in [5.41, 5.74) is 3.67. The number of aromatic nitrogens is 5. The van der Waals surface area contributed by atoms with Crippen molar-refractivity contribution in [2.75, 3.05) is 14.2 Å². The molecule has 0 radical (unpaired) electrons. The van der Waals surface area contributed by atoms with E-state index >= 15 is 0 Å². The van der Waals surface area contributed by atoms with Gasteiger partial charge in [-0.1, -0.05) is 34.6 Å². The molecule has 2 aromatic heterocycles. The topological polar surface area (TPSA) is 97.3 Å². The molecule has 0 unspecified atom stereocenters. The normalized spacial score (nSPS) is 15.4. The third-order valence-electron chi connectivity index (χ3n) is 5.55. The number of aryl methyl sites for hydroxylation is 2. The Morgan fingerprint density at radius 2 is 1.69 bits per heavy atom. The molecule has 0 fully saturated rings. The van der Waals surface area contributed by atoms with Crippen molar-refractivity contribution in [1.82, 2.24) is 25.1 Å². The van der Waals surface area contributed by atoms with Gasteiger partial charge < -0.3 is 18.7 Å². The number of fused-ring (bicyclic) bond motifs is 1. The van der Waals surface area contributed by atoms with E-state index in [1.165, 1.54) is 5.56 Å². The number of rotatable bonds is 7. The van der Waals surface area contributed by atoms with Crippen molar-refractivity contribution < 1.29 is 18.7 Å². The predicted octanol–water partition coefficient (Wildman–Crippen LogP) is 3.40. The Bertz CT molecular complexity index is 1180. The van der Waals surface area contributed by atoms with E-state index in [0.29, 0.717) is 37.0 Å². The average molecular weight is 433 g/mol. The fraction of sp³-hybridized carbons (Fsp3) is 0.304. The first-order valence-corrected chi connectivity index (χ1v) is 10.4. The third-order valence-corrected chi connectivity index (χ3v) is 5.55. The Labute approximate surface area is 184 Å². The van der Waals surface area contributed by atoms with Crippen LogP contribution in [-0.4, -0.2) is 39.4 Å². The fourth-order valence-electron chi connectivity index (χ4n) is 3.70. The van der Waals surface area contributed by atoms with Crippen molar-refractivity contribution in [2.24, 2.45) is 0 Å². The first-order chi connectivity index (χ1) is 15.7. The summed E-state index contributed by atoms with van der Waals surface area (Å²) in [7, 11) is 3.31. The van der Waals surface area contributed by atoms with Crippen LogP contribution in [0.4, 0.5) is 0 Å². The van der Waals surface area contributed by atoms with Crippen molar-refractivity contribution in [3.8, 4) is 23.0 Å². The molecule has 32 heavy (non-hydrogen) atoms. The zero-order valence-corrected chi connectivity index (χ0v) is 17.9. The molecule has 9 heteroatoms. The summed E-state index contributed by atoms with van der Waals surface area (Å²) >= 11 is 0. The van der Waals surface area contributed by atoms with E-state index in [1.54, 1.807) is 14.2 Å². The van der Waals surface area contributed by atoms with Crippen LogP contribution < -0.4 is 9.47 Å². The van der Waals surface area contributed by atoms with Gasteiger partial charge in [0.15, 0.2) is 5.69 Å². The smallest absolute Gasteiger partial charge is 0.227 e. The Morgan fingerprint density at radius 1 is 0.969 bits per heavy atom. The molecule has 0 spiro atoms.